The number of halogens is 1. The lowest BCUT2D eigenvalue weighted by Crippen LogP contribution is -2.16. The number of hydrogen-bond acceptors (Lipinski definition) is 5. The van der Waals surface area contributed by atoms with Gasteiger partial charge < -0.3 is 10.1 Å². The van der Waals surface area contributed by atoms with Crippen molar-refractivity contribution in [1.29, 1.82) is 0 Å². The molecule has 10 heteroatoms. The fourth-order valence-electron chi connectivity index (χ4n) is 4.14. The van der Waals surface area contributed by atoms with Crippen molar-refractivity contribution in [3.63, 3.8) is 0 Å². The highest BCUT2D eigenvalue weighted by atomic mass is 35.5. The van der Waals surface area contributed by atoms with E-state index < -0.39 is 10.0 Å². The summed E-state index contributed by atoms with van der Waals surface area (Å²) in [7, 11) is -2.46. The van der Waals surface area contributed by atoms with Crippen LogP contribution < -0.4 is 14.8 Å². The number of nitrogens with one attached hydrogen (secondary N) is 2. The van der Waals surface area contributed by atoms with E-state index in [1.165, 1.54) is 24.3 Å². The number of ether oxygens (including phenoxy) is 1. The average molecular weight is 573 g/mol. The average Bonchev–Trinajstić information content (AvgIpc) is 3.35. The van der Waals surface area contributed by atoms with E-state index in [9.17, 15) is 13.2 Å². The first-order valence-corrected chi connectivity index (χ1v) is 14.1. The quantitative estimate of drug-likeness (QED) is 0.219. The molecule has 5 rings (SSSR count). The van der Waals surface area contributed by atoms with Gasteiger partial charge in [0.25, 0.3) is 15.9 Å². The summed E-state index contributed by atoms with van der Waals surface area (Å²) in [5.41, 5.74) is 3.95. The first-order valence-electron chi connectivity index (χ1n) is 12.2. The van der Waals surface area contributed by atoms with Crippen molar-refractivity contribution in [2.45, 2.75) is 11.8 Å². The minimum Gasteiger partial charge on any atom is -0.497 e. The van der Waals surface area contributed by atoms with Crippen LogP contribution in [0.15, 0.2) is 108 Å². The van der Waals surface area contributed by atoms with E-state index in [0.29, 0.717) is 27.7 Å². The van der Waals surface area contributed by atoms with Gasteiger partial charge in [-0.25, -0.2) is 13.1 Å². The second kappa shape index (κ2) is 11.3. The lowest BCUT2D eigenvalue weighted by molar-refractivity contribution is 0.102. The molecule has 0 bridgehead atoms. The van der Waals surface area contributed by atoms with Crippen molar-refractivity contribution in [3.8, 4) is 22.7 Å². The third-order valence-electron chi connectivity index (χ3n) is 6.10. The Labute approximate surface area is 237 Å². The number of sulfonamides is 1. The molecule has 2 N–H and O–H groups in total. The largest absolute Gasteiger partial charge is 0.497 e. The van der Waals surface area contributed by atoms with Crippen molar-refractivity contribution in [2.75, 3.05) is 17.1 Å². The summed E-state index contributed by atoms with van der Waals surface area (Å²) in [6.07, 6.45) is 0. The molecule has 40 heavy (non-hydrogen) atoms. The molecule has 0 spiro atoms. The fraction of sp³-hybridized carbons (Fsp3) is 0.0667. The van der Waals surface area contributed by atoms with Crippen LogP contribution in [0.3, 0.4) is 0 Å². The Kier molecular flexibility index (Phi) is 7.59. The molecular weight excluding hydrogens is 548 g/mol. The molecule has 5 aromatic rings. The number of benzene rings is 4. The second-order valence-corrected chi connectivity index (χ2v) is 11.0. The predicted molar refractivity (Wildman–Crippen MR) is 157 cm³/mol. The minimum absolute atomic E-state index is 0.0375. The number of anilines is 2. The molecule has 0 unspecified atom stereocenters. The van der Waals surface area contributed by atoms with Crippen molar-refractivity contribution in [1.82, 2.24) is 9.78 Å². The summed E-state index contributed by atoms with van der Waals surface area (Å²) in [6.45, 7) is 1.87. The van der Waals surface area contributed by atoms with Crippen LogP contribution in [0.4, 0.5) is 11.4 Å². The maximum absolute atomic E-state index is 13.4. The maximum Gasteiger partial charge on any atom is 0.261 e. The third-order valence-corrected chi connectivity index (χ3v) is 7.74. The first kappa shape index (κ1) is 27.0. The molecule has 1 heterocycles. The monoisotopic (exact) mass is 572 g/mol. The van der Waals surface area contributed by atoms with Gasteiger partial charge in [0.05, 0.1) is 34.8 Å². The lowest BCUT2D eigenvalue weighted by Gasteiger charge is -2.17. The zero-order chi connectivity index (χ0) is 28.3. The normalized spacial score (nSPS) is 11.2. The molecule has 0 fully saturated rings. The first-order chi connectivity index (χ1) is 19.2. The number of carbonyl (C=O) groups is 1. The second-order valence-electron chi connectivity index (χ2n) is 8.92. The molecule has 202 valence electrons. The number of methoxy groups -OCH3 is 1. The summed E-state index contributed by atoms with van der Waals surface area (Å²) in [6, 6.07) is 29.1. The van der Waals surface area contributed by atoms with Crippen molar-refractivity contribution in [3.05, 3.63) is 119 Å². The van der Waals surface area contributed by atoms with Crippen molar-refractivity contribution >= 4 is 38.9 Å². The van der Waals surface area contributed by atoms with Crippen LogP contribution in [0.2, 0.25) is 5.02 Å². The molecule has 0 atom stereocenters. The van der Waals surface area contributed by atoms with Gasteiger partial charge in [-0.3, -0.25) is 9.52 Å². The summed E-state index contributed by atoms with van der Waals surface area (Å²) >= 11 is 5.97. The van der Waals surface area contributed by atoms with Gasteiger partial charge in [-0.05, 0) is 79.7 Å². The standard InChI is InChI=1S/C30H25ClN4O4S/c1-20-18-29(21-6-4-3-5-7-21)35(33-20)28-17-12-24(32-30(36)22-8-13-25(39-2)14-9-22)19-27(28)34-40(37,38)26-15-10-23(31)11-16-26/h3-19,34H,1-2H3,(H,32,36). The van der Waals surface area contributed by atoms with Gasteiger partial charge in [0.1, 0.15) is 5.75 Å². The molecule has 0 saturated heterocycles. The molecule has 1 amide bonds. The van der Waals surface area contributed by atoms with E-state index in [0.717, 1.165) is 17.0 Å². The number of rotatable bonds is 8. The van der Waals surface area contributed by atoms with Gasteiger partial charge >= 0.3 is 0 Å². The summed E-state index contributed by atoms with van der Waals surface area (Å²) in [5, 5.41) is 7.91. The topological polar surface area (TPSA) is 102 Å². The van der Waals surface area contributed by atoms with Crippen LogP contribution >= 0.6 is 11.6 Å². The molecule has 0 radical (unpaired) electrons. The Morgan fingerprint density at radius 3 is 2.27 bits per heavy atom. The van der Waals surface area contributed by atoms with E-state index in [1.807, 2.05) is 43.3 Å². The zero-order valence-electron chi connectivity index (χ0n) is 21.6. The van der Waals surface area contributed by atoms with E-state index >= 15 is 0 Å². The Balaban J connectivity index is 1.57. The lowest BCUT2D eigenvalue weighted by atomic mass is 10.1. The summed E-state index contributed by atoms with van der Waals surface area (Å²) in [5.74, 6) is 0.269. The highest BCUT2D eigenvalue weighted by Gasteiger charge is 2.20. The van der Waals surface area contributed by atoms with Crippen molar-refractivity contribution in [2.24, 2.45) is 0 Å². The Bertz CT molecular complexity index is 1770. The number of carbonyl (C=O) groups excluding carboxylic acids is 1. The summed E-state index contributed by atoms with van der Waals surface area (Å²) < 4.78 is 36.3. The van der Waals surface area contributed by atoms with Gasteiger partial charge in [0.15, 0.2) is 0 Å². The van der Waals surface area contributed by atoms with Gasteiger partial charge in [0, 0.05) is 21.8 Å². The molecule has 0 aliphatic rings. The predicted octanol–water partition coefficient (Wildman–Crippen LogP) is 6.56. The molecular formula is C30H25ClN4O4S. The fourth-order valence-corrected chi connectivity index (χ4v) is 5.33. The van der Waals surface area contributed by atoms with Gasteiger partial charge in [-0.15, -0.1) is 0 Å². The molecule has 4 aromatic carbocycles. The Hall–Kier alpha value is -4.60. The van der Waals surface area contributed by atoms with E-state index in [4.69, 9.17) is 16.3 Å². The number of amides is 1. The van der Waals surface area contributed by atoms with Crippen LogP contribution in [0.25, 0.3) is 16.9 Å². The van der Waals surface area contributed by atoms with Crippen molar-refractivity contribution < 1.29 is 17.9 Å². The number of nitrogens with zero attached hydrogens (tertiary/aromatic N) is 2. The highest BCUT2D eigenvalue weighted by Crippen LogP contribution is 2.32. The zero-order valence-corrected chi connectivity index (χ0v) is 23.2. The molecule has 0 aliphatic carbocycles. The molecule has 0 aliphatic heterocycles. The molecule has 8 nitrogen and oxygen atoms in total. The minimum atomic E-state index is -4.01. The maximum atomic E-state index is 13.4. The van der Waals surface area contributed by atoms with Crippen LogP contribution in [-0.4, -0.2) is 31.2 Å². The number of aromatic nitrogens is 2. The van der Waals surface area contributed by atoms with Crippen LogP contribution in [0, 0.1) is 6.92 Å². The number of hydrogen-bond donors (Lipinski definition) is 2. The number of aryl methyl sites for hydroxylation is 1. The van der Waals surface area contributed by atoms with Crippen LogP contribution in [-0.2, 0) is 10.0 Å². The van der Waals surface area contributed by atoms with Crippen LogP contribution in [0.1, 0.15) is 16.1 Å². The molecule has 0 saturated carbocycles. The van der Waals surface area contributed by atoms with Gasteiger partial charge in [0.2, 0.25) is 0 Å². The Morgan fingerprint density at radius 1 is 0.900 bits per heavy atom. The highest BCUT2D eigenvalue weighted by molar-refractivity contribution is 7.92. The van der Waals surface area contributed by atoms with Crippen LogP contribution in [0.5, 0.6) is 5.75 Å². The Morgan fingerprint density at radius 2 is 1.60 bits per heavy atom. The van der Waals surface area contributed by atoms with Gasteiger partial charge in [-0.2, -0.15) is 5.10 Å². The van der Waals surface area contributed by atoms with E-state index in [-0.39, 0.29) is 16.5 Å². The summed E-state index contributed by atoms with van der Waals surface area (Å²) in [4.78, 5) is 13.0. The SMILES string of the molecule is COc1ccc(C(=O)Nc2ccc(-n3nc(C)cc3-c3ccccc3)c(NS(=O)(=O)c3ccc(Cl)cc3)c2)cc1. The smallest absolute Gasteiger partial charge is 0.261 e. The van der Waals surface area contributed by atoms with E-state index in [2.05, 4.69) is 15.1 Å². The third kappa shape index (κ3) is 5.85. The molecule has 1 aromatic heterocycles. The van der Waals surface area contributed by atoms with E-state index in [1.54, 1.807) is 54.3 Å². The van der Waals surface area contributed by atoms with Gasteiger partial charge in [-0.1, -0.05) is 41.9 Å².